The van der Waals surface area contributed by atoms with Gasteiger partial charge in [0.2, 0.25) is 0 Å². The Bertz CT molecular complexity index is 710. The number of nitrogens with two attached hydrogens (primary N) is 1. The maximum absolute atomic E-state index is 13.1. The van der Waals surface area contributed by atoms with E-state index in [0.717, 1.165) is 28.8 Å². The largest absolute Gasteiger partial charge is 0.332 e. The molecule has 3 nitrogen and oxygen atoms in total. The van der Waals surface area contributed by atoms with Gasteiger partial charge < -0.3 is 10.6 Å². The standard InChI is InChI=1S/C21H27FN2O/c1-5-16-8-6-7-15(4)21(16)24-19(25)13-23-20(14(2)3)17-9-11-18(22)12-10-17/h6-12,14,20,23H,5,13H2,1-4H3,(H,24,25)/p+1/t20-/m1/s1. The van der Waals surface area contributed by atoms with Gasteiger partial charge in [0.05, 0.1) is 0 Å². The highest BCUT2D eigenvalue weighted by Crippen LogP contribution is 2.21. The van der Waals surface area contributed by atoms with E-state index in [9.17, 15) is 9.18 Å². The van der Waals surface area contributed by atoms with Gasteiger partial charge >= 0.3 is 0 Å². The molecule has 0 heterocycles. The first-order valence-corrected chi connectivity index (χ1v) is 8.89. The topological polar surface area (TPSA) is 45.7 Å². The quantitative estimate of drug-likeness (QED) is 0.793. The average molecular weight is 343 g/mol. The van der Waals surface area contributed by atoms with Crippen molar-refractivity contribution < 1.29 is 14.5 Å². The third kappa shape index (κ3) is 5.13. The Kier molecular flexibility index (Phi) is 6.71. The highest BCUT2D eigenvalue weighted by atomic mass is 19.1. The van der Waals surface area contributed by atoms with Crippen LogP contribution in [0.5, 0.6) is 0 Å². The van der Waals surface area contributed by atoms with Crippen molar-refractivity contribution in [1.82, 2.24) is 0 Å². The summed E-state index contributed by atoms with van der Waals surface area (Å²) in [6.07, 6.45) is 0.880. The number of amides is 1. The van der Waals surface area contributed by atoms with E-state index in [1.54, 1.807) is 12.1 Å². The minimum absolute atomic E-state index is 0.0169. The molecule has 0 aliphatic rings. The maximum Gasteiger partial charge on any atom is 0.279 e. The first-order valence-electron chi connectivity index (χ1n) is 8.89. The predicted molar refractivity (Wildman–Crippen MR) is 100.0 cm³/mol. The molecule has 1 amide bonds. The number of aryl methyl sites for hydroxylation is 2. The van der Waals surface area contributed by atoms with Crippen molar-refractivity contribution in [2.24, 2.45) is 5.92 Å². The second kappa shape index (κ2) is 8.77. The van der Waals surface area contributed by atoms with Crippen LogP contribution < -0.4 is 10.6 Å². The molecule has 0 saturated heterocycles. The lowest BCUT2D eigenvalue weighted by Crippen LogP contribution is -2.88. The third-order valence-electron chi connectivity index (χ3n) is 4.53. The monoisotopic (exact) mass is 343 g/mol. The summed E-state index contributed by atoms with van der Waals surface area (Å²) in [6.45, 7) is 8.64. The van der Waals surface area contributed by atoms with Gasteiger partial charge in [-0.1, -0.05) is 51.1 Å². The lowest BCUT2D eigenvalue weighted by atomic mass is 9.96. The molecule has 0 saturated carbocycles. The number of anilines is 1. The minimum atomic E-state index is -0.240. The lowest BCUT2D eigenvalue weighted by molar-refractivity contribution is -0.692. The molecule has 0 aromatic heterocycles. The molecule has 2 aromatic carbocycles. The Balaban J connectivity index is 2.03. The Labute approximate surface area is 149 Å². The van der Waals surface area contributed by atoms with Gasteiger partial charge in [0.15, 0.2) is 6.54 Å². The number of para-hydroxylation sites is 1. The maximum atomic E-state index is 13.1. The van der Waals surface area contributed by atoms with Crippen LogP contribution in [0.25, 0.3) is 0 Å². The number of halogens is 1. The predicted octanol–water partition coefficient (Wildman–Crippen LogP) is 3.60. The van der Waals surface area contributed by atoms with Gasteiger partial charge in [-0.25, -0.2) is 4.39 Å². The molecule has 0 bridgehead atoms. The fourth-order valence-corrected chi connectivity index (χ4v) is 3.10. The van der Waals surface area contributed by atoms with Crippen molar-refractivity contribution in [3.8, 4) is 0 Å². The van der Waals surface area contributed by atoms with Gasteiger partial charge in [0, 0.05) is 17.2 Å². The molecule has 0 aliphatic heterocycles. The zero-order chi connectivity index (χ0) is 18.4. The lowest BCUT2D eigenvalue weighted by Gasteiger charge is -2.20. The van der Waals surface area contributed by atoms with Crippen molar-refractivity contribution in [3.63, 3.8) is 0 Å². The summed E-state index contributed by atoms with van der Waals surface area (Å²) in [5, 5.41) is 5.08. The Morgan fingerprint density at radius 1 is 1.16 bits per heavy atom. The first kappa shape index (κ1) is 19.1. The van der Waals surface area contributed by atoms with Crippen molar-refractivity contribution >= 4 is 11.6 Å². The molecule has 1 atom stereocenters. The van der Waals surface area contributed by atoms with Crippen LogP contribution in [0.2, 0.25) is 0 Å². The van der Waals surface area contributed by atoms with Crippen LogP contribution in [0.3, 0.4) is 0 Å². The fraction of sp³-hybridized carbons (Fsp3) is 0.381. The van der Waals surface area contributed by atoms with Crippen LogP contribution in [0, 0.1) is 18.7 Å². The molecule has 2 aromatic rings. The van der Waals surface area contributed by atoms with E-state index in [0.29, 0.717) is 12.5 Å². The highest BCUT2D eigenvalue weighted by Gasteiger charge is 2.21. The second-order valence-electron chi connectivity index (χ2n) is 6.77. The Hall–Kier alpha value is -2.20. The summed E-state index contributed by atoms with van der Waals surface area (Å²) >= 11 is 0. The van der Waals surface area contributed by atoms with Gasteiger partial charge in [-0.3, -0.25) is 4.79 Å². The number of rotatable bonds is 7. The van der Waals surface area contributed by atoms with E-state index in [1.165, 1.54) is 12.1 Å². The Morgan fingerprint density at radius 2 is 1.84 bits per heavy atom. The molecule has 3 N–H and O–H groups in total. The number of hydrogen-bond acceptors (Lipinski definition) is 1. The first-order chi connectivity index (χ1) is 11.9. The summed E-state index contributed by atoms with van der Waals surface area (Å²) in [7, 11) is 0. The van der Waals surface area contributed by atoms with Crippen LogP contribution in [0.1, 0.15) is 43.5 Å². The van der Waals surface area contributed by atoms with E-state index >= 15 is 0 Å². The van der Waals surface area contributed by atoms with Crippen LogP contribution in [-0.4, -0.2) is 12.5 Å². The van der Waals surface area contributed by atoms with E-state index < -0.39 is 0 Å². The van der Waals surface area contributed by atoms with E-state index in [1.807, 2.05) is 30.4 Å². The van der Waals surface area contributed by atoms with Crippen LogP contribution in [0.15, 0.2) is 42.5 Å². The van der Waals surface area contributed by atoms with Gasteiger partial charge in [-0.2, -0.15) is 0 Å². The number of carbonyl (C=O) groups is 1. The molecule has 2 rings (SSSR count). The molecule has 0 spiro atoms. The van der Waals surface area contributed by atoms with Gasteiger partial charge in [-0.05, 0) is 36.6 Å². The summed E-state index contributed by atoms with van der Waals surface area (Å²) < 4.78 is 13.1. The minimum Gasteiger partial charge on any atom is -0.332 e. The molecule has 134 valence electrons. The molecule has 25 heavy (non-hydrogen) atoms. The van der Waals surface area contributed by atoms with Crippen molar-refractivity contribution in [3.05, 3.63) is 65.0 Å². The van der Waals surface area contributed by atoms with Gasteiger partial charge in [0.1, 0.15) is 11.9 Å². The van der Waals surface area contributed by atoms with Gasteiger partial charge in [-0.15, -0.1) is 0 Å². The number of quaternary nitrogens is 1. The number of hydrogen-bond donors (Lipinski definition) is 2. The number of benzene rings is 2. The Morgan fingerprint density at radius 3 is 2.44 bits per heavy atom. The second-order valence-corrected chi connectivity index (χ2v) is 6.77. The van der Waals surface area contributed by atoms with Crippen LogP contribution >= 0.6 is 0 Å². The number of carbonyl (C=O) groups excluding carboxylic acids is 1. The van der Waals surface area contributed by atoms with Crippen LogP contribution in [0.4, 0.5) is 10.1 Å². The number of nitrogens with one attached hydrogen (secondary N) is 1. The van der Waals surface area contributed by atoms with Crippen molar-refractivity contribution in [2.45, 2.75) is 40.2 Å². The molecule has 0 radical (unpaired) electrons. The van der Waals surface area contributed by atoms with Crippen LogP contribution in [-0.2, 0) is 11.2 Å². The molecular formula is C21H28FN2O+. The summed E-state index contributed by atoms with van der Waals surface area (Å²) in [4.78, 5) is 12.4. The van der Waals surface area contributed by atoms with Crippen molar-refractivity contribution in [1.29, 1.82) is 0 Å². The smallest absolute Gasteiger partial charge is 0.279 e. The van der Waals surface area contributed by atoms with E-state index in [-0.39, 0.29) is 17.8 Å². The molecular weight excluding hydrogens is 315 g/mol. The van der Waals surface area contributed by atoms with E-state index in [2.05, 4.69) is 26.1 Å². The summed E-state index contributed by atoms with van der Waals surface area (Å²) in [6, 6.07) is 12.7. The molecule has 0 unspecified atom stereocenters. The zero-order valence-corrected chi connectivity index (χ0v) is 15.5. The zero-order valence-electron chi connectivity index (χ0n) is 15.5. The molecule has 4 heteroatoms. The summed E-state index contributed by atoms with van der Waals surface area (Å²) in [5.41, 5.74) is 4.18. The average Bonchev–Trinajstić information content (AvgIpc) is 2.58. The summed E-state index contributed by atoms with van der Waals surface area (Å²) in [5.74, 6) is 0.0790. The fourth-order valence-electron chi connectivity index (χ4n) is 3.10. The highest BCUT2D eigenvalue weighted by molar-refractivity contribution is 5.93. The van der Waals surface area contributed by atoms with E-state index in [4.69, 9.17) is 0 Å². The molecule has 0 fully saturated rings. The van der Waals surface area contributed by atoms with Gasteiger partial charge in [0.25, 0.3) is 5.91 Å². The SMILES string of the molecule is CCc1cccc(C)c1NC(=O)C[NH2+][C@@H](c1ccc(F)cc1)C(C)C. The normalized spacial score (nSPS) is 12.2. The third-order valence-corrected chi connectivity index (χ3v) is 4.53. The van der Waals surface area contributed by atoms with Crippen molar-refractivity contribution in [2.75, 3.05) is 11.9 Å². The molecule has 0 aliphatic carbocycles.